The van der Waals surface area contributed by atoms with E-state index in [1.165, 1.54) is 19.2 Å². The summed E-state index contributed by atoms with van der Waals surface area (Å²) in [5.41, 5.74) is -0.713. The summed E-state index contributed by atoms with van der Waals surface area (Å²) in [4.78, 5) is 27.5. The molecule has 0 bridgehead atoms. The number of hydrogen-bond donors (Lipinski definition) is 1. The number of aromatic nitrogens is 2. The monoisotopic (exact) mass is 503 g/mol. The lowest BCUT2D eigenvalue weighted by Gasteiger charge is -2.37. The lowest BCUT2D eigenvalue weighted by Crippen LogP contribution is -2.38. The third kappa shape index (κ3) is 7.78. The summed E-state index contributed by atoms with van der Waals surface area (Å²) < 4.78 is 44.9. The topological polar surface area (TPSA) is 94.9 Å². The van der Waals surface area contributed by atoms with Gasteiger partial charge in [0.15, 0.2) is 12.4 Å². The number of carbonyl (C=O) groups excluding carboxylic acids is 1. The van der Waals surface area contributed by atoms with Crippen LogP contribution in [-0.2, 0) is 18.6 Å². The van der Waals surface area contributed by atoms with Crippen LogP contribution in [0.25, 0.3) is 0 Å². The van der Waals surface area contributed by atoms with Crippen LogP contribution in [0, 0.1) is 5.41 Å². The van der Waals surface area contributed by atoms with Gasteiger partial charge in [0.05, 0.1) is 12.7 Å². The SMILES string of the molecule is [2H]CC1OC(n2ccc(NC(C)=O)nc2=O)C(F)C1OP(OCCC(C)(C)C)N(C(C)C)C(C)C. The maximum atomic E-state index is 15.7. The van der Waals surface area contributed by atoms with Gasteiger partial charge < -0.3 is 19.1 Å². The van der Waals surface area contributed by atoms with E-state index in [0.29, 0.717) is 6.61 Å². The van der Waals surface area contributed by atoms with E-state index >= 15 is 4.39 Å². The van der Waals surface area contributed by atoms with Gasteiger partial charge in [-0.15, -0.1) is 0 Å². The van der Waals surface area contributed by atoms with Crippen molar-refractivity contribution in [1.29, 1.82) is 0 Å². The molecule has 1 N–H and O–H groups in total. The Hall–Kier alpha value is -1.45. The molecule has 2 rings (SSSR count). The number of carbonyl (C=O) groups is 1. The molecule has 1 amide bonds. The van der Waals surface area contributed by atoms with Crippen LogP contribution < -0.4 is 11.0 Å². The molecular formula is C23H40FN4O5P. The van der Waals surface area contributed by atoms with Crippen LogP contribution in [-0.4, -0.2) is 57.2 Å². The number of rotatable bonds is 10. The Morgan fingerprint density at radius 1 is 1.38 bits per heavy atom. The van der Waals surface area contributed by atoms with Crippen molar-refractivity contribution in [3.05, 3.63) is 22.7 Å². The molecule has 0 aliphatic carbocycles. The molecule has 5 atom stereocenters. The largest absolute Gasteiger partial charge is 0.351 e. The Morgan fingerprint density at radius 2 is 2.03 bits per heavy atom. The maximum absolute atomic E-state index is 15.7. The Balaban J connectivity index is 2.28. The summed E-state index contributed by atoms with van der Waals surface area (Å²) in [6, 6.07) is 1.55. The number of halogens is 1. The van der Waals surface area contributed by atoms with Gasteiger partial charge in [0.1, 0.15) is 11.9 Å². The summed E-state index contributed by atoms with van der Waals surface area (Å²) in [6.45, 7) is 15.9. The van der Waals surface area contributed by atoms with Gasteiger partial charge in [-0.1, -0.05) is 20.8 Å². The summed E-state index contributed by atoms with van der Waals surface area (Å²) >= 11 is 0. The van der Waals surface area contributed by atoms with Crippen LogP contribution >= 0.6 is 8.53 Å². The molecule has 0 saturated carbocycles. The predicted molar refractivity (Wildman–Crippen MR) is 131 cm³/mol. The molecule has 2 heterocycles. The van der Waals surface area contributed by atoms with Gasteiger partial charge in [-0.3, -0.25) is 9.36 Å². The number of nitrogens with one attached hydrogen (secondary N) is 1. The van der Waals surface area contributed by atoms with E-state index in [4.69, 9.17) is 15.2 Å². The molecule has 1 saturated heterocycles. The van der Waals surface area contributed by atoms with Gasteiger partial charge >= 0.3 is 5.69 Å². The fraction of sp³-hybridized carbons (Fsp3) is 0.783. The van der Waals surface area contributed by atoms with Crippen LogP contribution in [0.5, 0.6) is 0 Å². The average molecular weight is 504 g/mol. The minimum Gasteiger partial charge on any atom is -0.349 e. The molecule has 5 unspecified atom stereocenters. The van der Waals surface area contributed by atoms with Crippen molar-refractivity contribution < 1.29 is 24.3 Å². The number of ether oxygens (including phenoxy) is 1. The van der Waals surface area contributed by atoms with Crippen LogP contribution in [0.1, 0.15) is 76.3 Å². The first-order chi connectivity index (χ1) is 16.2. The van der Waals surface area contributed by atoms with E-state index < -0.39 is 38.8 Å². The van der Waals surface area contributed by atoms with Gasteiger partial charge in [0.25, 0.3) is 8.53 Å². The van der Waals surface area contributed by atoms with Crippen molar-refractivity contribution in [2.24, 2.45) is 5.41 Å². The van der Waals surface area contributed by atoms with Crippen LogP contribution in [0.15, 0.2) is 17.1 Å². The highest BCUT2D eigenvalue weighted by Crippen LogP contribution is 2.50. The molecule has 9 nitrogen and oxygen atoms in total. The van der Waals surface area contributed by atoms with Gasteiger partial charge in [-0.05, 0) is 52.5 Å². The highest BCUT2D eigenvalue weighted by atomic mass is 31.2. The van der Waals surface area contributed by atoms with Crippen molar-refractivity contribution in [2.75, 3.05) is 11.9 Å². The molecule has 0 radical (unpaired) electrons. The number of hydrogen-bond acceptors (Lipinski definition) is 7. The Morgan fingerprint density at radius 3 is 2.53 bits per heavy atom. The molecule has 1 aromatic heterocycles. The maximum Gasteiger partial charge on any atom is 0.351 e. The fourth-order valence-corrected chi connectivity index (χ4v) is 5.32. The number of amides is 1. The highest BCUT2D eigenvalue weighted by Gasteiger charge is 2.48. The lowest BCUT2D eigenvalue weighted by atomic mass is 9.93. The quantitative estimate of drug-likeness (QED) is 0.465. The second-order valence-electron chi connectivity index (χ2n) is 10.2. The molecule has 1 aliphatic heterocycles. The van der Waals surface area contributed by atoms with E-state index in [0.717, 1.165) is 11.0 Å². The first kappa shape index (κ1) is 27.1. The highest BCUT2D eigenvalue weighted by molar-refractivity contribution is 7.44. The minimum atomic E-state index is -1.73. The van der Waals surface area contributed by atoms with Crippen molar-refractivity contribution in [2.45, 2.75) is 105 Å². The van der Waals surface area contributed by atoms with E-state index in [1.54, 1.807) is 0 Å². The van der Waals surface area contributed by atoms with Crippen molar-refractivity contribution in [3.8, 4) is 0 Å². The first-order valence-corrected chi connectivity index (χ1v) is 12.7. The zero-order valence-electron chi connectivity index (χ0n) is 22.4. The second-order valence-corrected chi connectivity index (χ2v) is 11.6. The number of anilines is 1. The minimum absolute atomic E-state index is 0.0625. The van der Waals surface area contributed by atoms with E-state index in [1.807, 2.05) is 27.7 Å². The molecule has 1 aliphatic rings. The summed E-state index contributed by atoms with van der Waals surface area (Å²) in [7, 11) is -1.66. The average Bonchev–Trinajstić information content (AvgIpc) is 3.01. The van der Waals surface area contributed by atoms with Crippen molar-refractivity contribution in [1.82, 2.24) is 14.2 Å². The number of nitrogens with zero attached hydrogens (tertiary/aromatic N) is 3. The molecule has 1 fully saturated rings. The fourth-order valence-electron chi connectivity index (χ4n) is 3.56. The van der Waals surface area contributed by atoms with Crippen molar-refractivity contribution in [3.63, 3.8) is 0 Å². The second kappa shape index (κ2) is 12.0. The van der Waals surface area contributed by atoms with E-state index in [-0.39, 0.29) is 36.1 Å². The van der Waals surface area contributed by atoms with E-state index in [9.17, 15) is 9.59 Å². The molecular weight excluding hydrogens is 462 g/mol. The third-order valence-corrected chi connectivity index (χ3v) is 7.32. The van der Waals surface area contributed by atoms with Crippen LogP contribution in [0.3, 0.4) is 0 Å². The molecule has 0 aromatic carbocycles. The summed E-state index contributed by atoms with van der Waals surface area (Å²) in [5.74, 6) is -0.310. The molecule has 0 spiro atoms. The standard InChI is InChI=1S/C23H40FN4O5P/c1-14(2)28(15(3)4)34(31-13-11-23(7,8)9)33-20-16(5)32-21(19(20)24)27-12-10-18(25-17(6)29)26-22(27)30/h10,12,14-16,19-21H,11,13H2,1-9H3,(H,25,26,29,30)/i5D. The zero-order chi connectivity index (χ0) is 26.5. The van der Waals surface area contributed by atoms with Gasteiger partial charge in [-0.25, -0.2) is 13.9 Å². The Bertz CT molecular complexity index is 889. The van der Waals surface area contributed by atoms with Gasteiger partial charge in [0, 0.05) is 26.6 Å². The summed E-state index contributed by atoms with van der Waals surface area (Å²) in [5, 5.41) is 2.42. The molecule has 1 aromatic rings. The van der Waals surface area contributed by atoms with Crippen LogP contribution in [0.2, 0.25) is 0 Å². The van der Waals surface area contributed by atoms with Gasteiger partial charge in [0.2, 0.25) is 5.91 Å². The lowest BCUT2D eigenvalue weighted by molar-refractivity contribution is -0.114. The molecule has 34 heavy (non-hydrogen) atoms. The first-order valence-electron chi connectivity index (χ1n) is 12.3. The summed E-state index contributed by atoms with van der Waals surface area (Å²) in [6.07, 6.45) is -2.91. The predicted octanol–water partition coefficient (Wildman–Crippen LogP) is 4.64. The Kier molecular flexibility index (Phi) is 9.57. The number of alkyl halides is 1. The third-order valence-electron chi connectivity index (χ3n) is 5.19. The smallest absolute Gasteiger partial charge is 0.349 e. The van der Waals surface area contributed by atoms with Crippen molar-refractivity contribution >= 4 is 20.3 Å². The normalized spacial score (nSPS) is 24.6. The van der Waals surface area contributed by atoms with Crippen LogP contribution in [0.4, 0.5) is 10.2 Å². The van der Waals surface area contributed by atoms with E-state index in [2.05, 4.69) is 35.7 Å². The Labute approximate surface area is 204 Å². The molecule has 194 valence electrons. The molecule has 11 heteroatoms. The van der Waals surface area contributed by atoms with Gasteiger partial charge in [-0.2, -0.15) is 4.98 Å². The zero-order valence-corrected chi connectivity index (χ0v) is 22.3.